The van der Waals surface area contributed by atoms with Gasteiger partial charge in [0, 0.05) is 17.3 Å². The van der Waals surface area contributed by atoms with E-state index >= 15 is 4.39 Å². The highest BCUT2D eigenvalue weighted by Crippen LogP contribution is 2.34. The third-order valence-electron chi connectivity index (χ3n) is 5.97. The molecule has 4 rings (SSSR count). The first-order valence-corrected chi connectivity index (χ1v) is 10.9. The maximum Gasteiger partial charge on any atom is 0.294 e. The molecule has 1 aliphatic rings. The first-order valence-electron chi connectivity index (χ1n) is 10.9. The lowest BCUT2D eigenvalue weighted by atomic mass is 9.99. The van der Waals surface area contributed by atoms with Gasteiger partial charge in [-0.1, -0.05) is 48.7 Å². The van der Waals surface area contributed by atoms with Crippen LogP contribution >= 0.6 is 0 Å². The minimum Gasteiger partial charge on any atom is -0.459 e. The molecule has 32 heavy (non-hydrogen) atoms. The first-order chi connectivity index (χ1) is 15.5. The molecule has 1 fully saturated rings. The molecule has 5 nitrogen and oxygen atoms in total. The quantitative estimate of drug-likeness (QED) is 0.559. The SMILES string of the molecule is Cc1ccc(N(C(=O)c2ccco2)[C@H](C(=O)NC2CCCC2)c2ccccc2F)c(C)c1. The average Bonchev–Trinajstić information content (AvgIpc) is 3.47. The minimum absolute atomic E-state index is 0.0245. The number of hydrogen-bond acceptors (Lipinski definition) is 3. The topological polar surface area (TPSA) is 62.6 Å². The van der Waals surface area contributed by atoms with Crippen molar-refractivity contribution in [1.82, 2.24) is 5.32 Å². The lowest BCUT2D eigenvalue weighted by Crippen LogP contribution is -2.47. The van der Waals surface area contributed by atoms with Crippen LogP contribution in [0.4, 0.5) is 10.1 Å². The highest BCUT2D eigenvalue weighted by Gasteiger charge is 2.37. The summed E-state index contributed by atoms with van der Waals surface area (Å²) in [4.78, 5) is 28.6. The Morgan fingerprint density at radius 2 is 1.81 bits per heavy atom. The number of halogens is 1. The number of anilines is 1. The largest absolute Gasteiger partial charge is 0.459 e. The molecular formula is C26H27FN2O3. The smallest absolute Gasteiger partial charge is 0.294 e. The Bertz CT molecular complexity index is 1100. The molecule has 0 bridgehead atoms. The third-order valence-corrected chi connectivity index (χ3v) is 5.97. The summed E-state index contributed by atoms with van der Waals surface area (Å²) < 4.78 is 20.4. The maximum atomic E-state index is 15.0. The molecule has 166 valence electrons. The molecule has 0 aliphatic heterocycles. The van der Waals surface area contributed by atoms with E-state index in [0.717, 1.165) is 36.8 Å². The van der Waals surface area contributed by atoms with Crippen LogP contribution in [0.15, 0.2) is 65.3 Å². The summed E-state index contributed by atoms with van der Waals surface area (Å²) in [5.41, 5.74) is 2.50. The lowest BCUT2D eigenvalue weighted by molar-refractivity contribution is -0.123. The van der Waals surface area contributed by atoms with Crippen molar-refractivity contribution in [1.29, 1.82) is 0 Å². The van der Waals surface area contributed by atoms with Crippen LogP contribution in [0, 0.1) is 19.7 Å². The number of rotatable bonds is 6. The summed E-state index contributed by atoms with van der Waals surface area (Å²) in [5, 5.41) is 3.06. The van der Waals surface area contributed by atoms with Crippen LogP contribution in [-0.4, -0.2) is 17.9 Å². The zero-order chi connectivity index (χ0) is 22.7. The monoisotopic (exact) mass is 434 g/mol. The van der Waals surface area contributed by atoms with Crippen molar-refractivity contribution < 1.29 is 18.4 Å². The third kappa shape index (κ3) is 4.44. The number of carbonyl (C=O) groups is 2. The fourth-order valence-electron chi connectivity index (χ4n) is 4.41. The van der Waals surface area contributed by atoms with Crippen molar-refractivity contribution in [3.63, 3.8) is 0 Å². The summed E-state index contributed by atoms with van der Waals surface area (Å²) in [7, 11) is 0. The first kappa shape index (κ1) is 21.8. The van der Waals surface area contributed by atoms with E-state index < -0.39 is 23.7 Å². The van der Waals surface area contributed by atoms with Crippen molar-refractivity contribution in [2.75, 3.05) is 4.90 Å². The number of hydrogen-bond donors (Lipinski definition) is 1. The second kappa shape index (κ2) is 9.39. The highest BCUT2D eigenvalue weighted by molar-refractivity contribution is 6.09. The van der Waals surface area contributed by atoms with E-state index in [1.807, 2.05) is 26.0 Å². The van der Waals surface area contributed by atoms with Crippen LogP contribution in [0.2, 0.25) is 0 Å². The summed E-state index contributed by atoms with van der Waals surface area (Å²) in [6.07, 6.45) is 5.25. The summed E-state index contributed by atoms with van der Waals surface area (Å²) in [5.74, 6) is -1.36. The molecule has 1 aliphatic carbocycles. The van der Waals surface area contributed by atoms with Gasteiger partial charge in [0.05, 0.1) is 6.26 Å². The molecule has 6 heteroatoms. The van der Waals surface area contributed by atoms with E-state index in [4.69, 9.17) is 4.42 Å². The van der Waals surface area contributed by atoms with Gasteiger partial charge in [-0.25, -0.2) is 4.39 Å². The van der Waals surface area contributed by atoms with Crippen LogP contribution in [0.25, 0.3) is 0 Å². The van der Waals surface area contributed by atoms with Crippen molar-refractivity contribution in [3.05, 3.63) is 89.1 Å². The minimum atomic E-state index is -1.18. The number of nitrogens with zero attached hydrogens (tertiary/aromatic N) is 1. The molecule has 0 unspecified atom stereocenters. The average molecular weight is 435 g/mol. The van der Waals surface area contributed by atoms with Gasteiger partial charge in [-0.3, -0.25) is 14.5 Å². The predicted octanol–water partition coefficient (Wildman–Crippen LogP) is 5.48. The van der Waals surface area contributed by atoms with E-state index in [2.05, 4.69) is 5.32 Å². The van der Waals surface area contributed by atoms with Crippen LogP contribution in [0.1, 0.15) is 59.0 Å². The molecule has 3 aromatic rings. The molecule has 1 N–H and O–H groups in total. The fourth-order valence-corrected chi connectivity index (χ4v) is 4.41. The van der Waals surface area contributed by atoms with Crippen LogP contribution in [-0.2, 0) is 4.79 Å². The Morgan fingerprint density at radius 1 is 1.06 bits per heavy atom. The summed E-state index contributed by atoms with van der Waals surface area (Å²) in [6.45, 7) is 3.83. The molecule has 1 saturated carbocycles. The Labute approximate surface area is 187 Å². The number of aryl methyl sites for hydroxylation is 2. The Morgan fingerprint density at radius 3 is 2.47 bits per heavy atom. The van der Waals surface area contributed by atoms with Gasteiger partial charge >= 0.3 is 0 Å². The van der Waals surface area contributed by atoms with Crippen molar-refractivity contribution >= 4 is 17.5 Å². The van der Waals surface area contributed by atoms with Crippen molar-refractivity contribution in [2.45, 2.75) is 51.6 Å². The Hall–Kier alpha value is -3.41. The number of carbonyl (C=O) groups excluding carboxylic acids is 2. The normalized spacial score (nSPS) is 14.8. The highest BCUT2D eigenvalue weighted by atomic mass is 19.1. The zero-order valence-electron chi connectivity index (χ0n) is 18.3. The summed E-state index contributed by atoms with van der Waals surface area (Å²) >= 11 is 0. The molecule has 0 spiro atoms. The van der Waals surface area contributed by atoms with E-state index in [1.165, 1.54) is 17.2 Å². The molecule has 1 aromatic heterocycles. The van der Waals surface area contributed by atoms with Gasteiger partial charge in [0.25, 0.3) is 5.91 Å². The van der Waals surface area contributed by atoms with E-state index in [1.54, 1.807) is 36.4 Å². The Balaban J connectivity index is 1.86. The number of nitrogens with one attached hydrogen (secondary N) is 1. The second-order valence-corrected chi connectivity index (χ2v) is 8.36. The van der Waals surface area contributed by atoms with Gasteiger partial charge in [0.2, 0.25) is 5.91 Å². The van der Waals surface area contributed by atoms with Crippen molar-refractivity contribution in [2.24, 2.45) is 0 Å². The van der Waals surface area contributed by atoms with Crippen LogP contribution < -0.4 is 10.2 Å². The van der Waals surface area contributed by atoms with Gasteiger partial charge in [-0.2, -0.15) is 0 Å². The molecule has 1 heterocycles. The second-order valence-electron chi connectivity index (χ2n) is 8.36. The van der Waals surface area contributed by atoms with Gasteiger partial charge in [0.1, 0.15) is 11.9 Å². The number of benzene rings is 2. The zero-order valence-corrected chi connectivity index (χ0v) is 18.3. The molecule has 0 radical (unpaired) electrons. The molecule has 2 amide bonds. The van der Waals surface area contributed by atoms with Crippen LogP contribution in [0.3, 0.4) is 0 Å². The van der Waals surface area contributed by atoms with Gasteiger partial charge in [-0.05, 0) is 56.5 Å². The van der Waals surface area contributed by atoms with Crippen molar-refractivity contribution in [3.8, 4) is 0 Å². The van der Waals surface area contributed by atoms with E-state index in [9.17, 15) is 9.59 Å². The van der Waals surface area contributed by atoms with Gasteiger partial charge < -0.3 is 9.73 Å². The number of furan rings is 1. The van der Waals surface area contributed by atoms with Gasteiger partial charge in [0.15, 0.2) is 5.76 Å². The van der Waals surface area contributed by atoms with Crippen LogP contribution in [0.5, 0.6) is 0 Å². The van der Waals surface area contributed by atoms with Gasteiger partial charge in [-0.15, -0.1) is 0 Å². The molecular weight excluding hydrogens is 407 g/mol. The summed E-state index contributed by atoms with van der Waals surface area (Å²) in [6, 6.07) is 13.7. The predicted molar refractivity (Wildman–Crippen MR) is 121 cm³/mol. The fraction of sp³-hybridized carbons (Fsp3) is 0.308. The standard InChI is InChI=1S/C26H27FN2O3/c1-17-13-14-22(18(2)16-17)29(26(31)23-12-7-15-32-23)24(20-10-5-6-11-21(20)27)25(30)28-19-8-3-4-9-19/h5-7,10-16,19,24H,3-4,8-9H2,1-2H3,(H,28,30)/t24-/m0/s1. The maximum absolute atomic E-state index is 15.0. The van der Waals surface area contributed by atoms with E-state index in [-0.39, 0.29) is 17.4 Å². The van der Waals surface area contributed by atoms with E-state index in [0.29, 0.717) is 5.69 Å². The molecule has 2 aromatic carbocycles. The lowest BCUT2D eigenvalue weighted by Gasteiger charge is -2.33. The molecule has 1 atom stereocenters. The Kier molecular flexibility index (Phi) is 6.40. The molecule has 0 saturated heterocycles. The number of amides is 2.